The van der Waals surface area contributed by atoms with Crippen LogP contribution in [0.25, 0.3) is 10.9 Å². The predicted molar refractivity (Wildman–Crippen MR) is 151 cm³/mol. The van der Waals surface area contributed by atoms with Crippen LogP contribution in [0.3, 0.4) is 0 Å². The molecule has 1 aromatic heterocycles. The van der Waals surface area contributed by atoms with E-state index in [2.05, 4.69) is 41.1 Å². The molecule has 4 rings (SSSR count). The lowest BCUT2D eigenvalue weighted by molar-refractivity contribution is -0.143. The van der Waals surface area contributed by atoms with Crippen LogP contribution in [0.15, 0.2) is 53.6 Å². The Balaban J connectivity index is 1.32. The lowest BCUT2D eigenvalue weighted by atomic mass is 9.73. The minimum absolute atomic E-state index is 0.269. The number of ether oxygens (including phenoxy) is 1. The number of nitrogens with zero attached hydrogens (tertiary/aromatic N) is 2. The quantitative estimate of drug-likeness (QED) is 0.128. The van der Waals surface area contributed by atoms with Gasteiger partial charge in [0.1, 0.15) is 5.75 Å². The molecule has 0 bridgehead atoms. The van der Waals surface area contributed by atoms with E-state index in [1.54, 1.807) is 13.3 Å². The number of aryl methyl sites for hydroxylation is 2. The van der Waals surface area contributed by atoms with E-state index < -0.39 is 5.41 Å². The highest BCUT2D eigenvalue weighted by Gasteiger charge is 2.40. The van der Waals surface area contributed by atoms with E-state index in [0.717, 1.165) is 79.7 Å². The van der Waals surface area contributed by atoms with Gasteiger partial charge in [0, 0.05) is 16.5 Å². The van der Waals surface area contributed by atoms with Crippen molar-refractivity contribution in [2.45, 2.75) is 50.3 Å². The van der Waals surface area contributed by atoms with Gasteiger partial charge in [-0.3, -0.25) is 15.0 Å². The van der Waals surface area contributed by atoms with Crippen molar-refractivity contribution in [2.75, 3.05) is 32.5 Å². The smallest absolute Gasteiger partial charge is 0.249 e. The Labute approximate surface area is 228 Å². The fraction of sp³-hybridized carbons (Fsp3) is 0.448. The molecule has 0 aliphatic carbocycles. The Hall–Kier alpha value is -2.32. The van der Waals surface area contributed by atoms with E-state index in [1.165, 1.54) is 10.5 Å². The van der Waals surface area contributed by atoms with Crippen molar-refractivity contribution in [3.63, 3.8) is 0 Å². The zero-order chi connectivity index (χ0) is 26.3. The van der Waals surface area contributed by atoms with Crippen molar-refractivity contribution in [1.82, 2.24) is 15.4 Å². The van der Waals surface area contributed by atoms with Crippen LogP contribution in [0, 0.1) is 12.3 Å². The second-order valence-corrected chi connectivity index (χ2v) is 11.5. The summed E-state index contributed by atoms with van der Waals surface area (Å²) in [6.45, 7) is 4.87. The molecule has 0 spiro atoms. The largest absolute Gasteiger partial charge is 0.497 e. The first kappa shape index (κ1) is 27.7. The third kappa shape index (κ3) is 6.96. The minimum atomic E-state index is -0.561. The number of fused-ring (bicyclic) bond motifs is 1. The molecule has 1 aliphatic heterocycles. The molecular formula is C29H36ClN3O3S. The van der Waals surface area contributed by atoms with Crippen LogP contribution in [0.5, 0.6) is 5.75 Å². The van der Waals surface area contributed by atoms with Crippen LogP contribution in [-0.2, 0) is 11.2 Å². The minimum Gasteiger partial charge on any atom is -0.497 e. The monoisotopic (exact) mass is 541 g/mol. The average Bonchev–Trinajstić information content (AvgIpc) is 2.92. The summed E-state index contributed by atoms with van der Waals surface area (Å²) < 4.78 is 5.39. The average molecular weight is 542 g/mol. The highest BCUT2D eigenvalue weighted by molar-refractivity contribution is 7.99. The van der Waals surface area contributed by atoms with Crippen LogP contribution >= 0.6 is 23.4 Å². The Morgan fingerprint density at radius 2 is 2.03 bits per heavy atom. The third-order valence-electron chi connectivity index (χ3n) is 7.49. The fourth-order valence-electron chi connectivity index (χ4n) is 5.28. The summed E-state index contributed by atoms with van der Waals surface area (Å²) in [7, 11) is 1.64. The number of piperidine rings is 1. The summed E-state index contributed by atoms with van der Waals surface area (Å²) in [5.74, 6) is 1.57. The van der Waals surface area contributed by atoms with Gasteiger partial charge < -0.3 is 9.64 Å². The van der Waals surface area contributed by atoms with E-state index >= 15 is 0 Å². The summed E-state index contributed by atoms with van der Waals surface area (Å²) in [5, 5.41) is 11.1. The van der Waals surface area contributed by atoms with Crippen molar-refractivity contribution in [3.05, 3.63) is 64.8 Å². The summed E-state index contributed by atoms with van der Waals surface area (Å²) in [6, 6.07) is 14.4. The van der Waals surface area contributed by atoms with E-state index in [-0.39, 0.29) is 5.91 Å². The zero-order valence-corrected chi connectivity index (χ0v) is 23.2. The van der Waals surface area contributed by atoms with Gasteiger partial charge in [-0.15, -0.1) is 11.8 Å². The first-order valence-electron chi connectivity index (χ1n) is 12.9. The number of thioether (sulfide) groups is 1. The van der Waals surface area contributed by atoms with Crippen LogP contribution in [0.1, 0.15) is 43.2 Å². The molecule has 0 unspecified atom stereocenters. The van der Waals surface area contributed by atoms with Crippen LogP contribution in [-0.4, -0.2) is 53.5 Å². The molecule has 0 atom stereocenters. The van der Waals surface area contributed by atoms with Crippen molar-refractivity contribution in [3.8, 4) is 5.75 Å². The van der Waals surface area contributed by atoms with Gasteiger partial charge in [-0.2, -0.15) is 0 Å². The fourth-order valence-corrected chi connectivity index (χ4v) is 6.48. The molecule has 1 saturated heterocycles. The first-order valence-corrected chi connectivity index (χ1v) is 14.3. The maximum absolute atomic E-state index is 12.8. The van der Waals surface area contributed by atoms with Gasteiger partial charge in [0.15, 0.2) is 0 Å². The molecule has 1 aliphatic rings. The molecule has 2 N–H and O–H groups in total. The van der Waals surface area contributed by atoms with Crippen molar-refractivity contribution < 1.29 is 14.7 Å². The summed E-state index contributed by atoms with van der Waals surface area (Å²) in [6.07, 6.45) is 6.49. The van der Waals surface area contributed by atoms with Gasteiger partial charge in [0.2, 0.25) is 5.91 Å². The number of nitrogens with one attached hydrogen (secondary N) is 1. The maximum Gasteiger partial charge on any atom is 0.249 e. The van der Waals surface area contributed by atoms with E-state index in [4.69, 9.17) is 16.3 Å². The SMILES string of the molecule is COc1ccc2ncc(Cl)c(CCCC3(C(=O)NO)CCN(CCCSc4cccc(C)c4)CC3)c2c1. The number of pyridine rings is 1. The van der Waals surface area contributed by atoms with E-state index in [9.17, 15) is 10.0 Å². The zero-order valence-electron chi connectivity index (χ0n) is 21.6. The Morgan fingerprint density at radius 3 is 2.76 bits per heavy atom. The third-order valence-corrected chi connectivity index (χ3v) is 8.90. The molecule has 6 nitrogen and oxygen atoms in total. The lowest BCUT2D eigenvalue weighted by Gasteiger charge is -2.40. The molecule has 1 fully saturated rings. The van der Waals surface area contributed by atoms with Gasteiger partial charge in [-0.1, -0.05) is 29.3 Å². The Morgan fingerprint density at radius 1 is 1.22 bits per heavy atom. The number of methoxy groups -OCH3 is 1. The van der Waals surface area contributed by atoms with Crippen molar-refractivity contribution in [2.24, 2.45) is 5.41 Å². The normalized spacial score (nSPS) is 15.6. The van der Waals surface area contributed by atoms with Crippen LogP contribution in [0.4, 0.5) is 0 Å². The highest BCUT2D eigenvalue weighted by Crippen LogP contribution is 2.38. The van der Waals surface area contributed by atoms with Crippen LogP contribution < -0.4 is 10.2 Å². The molecule has 2 aromatic carbocycles. The summed E-state index contributed by atoms with van der Waals surface area (Å²) >= 11 is 8.44. The molecule has 2 heterocycles. The van der Waals surface area contributed by atoms with Gasteiger partial charge in [-0.05, 0) is 107 Å². The number of aromatic nitrogens is 1. The molecule has 8 heteroatoms. The summed E-state index contributed by atoms with van der Waals surface area (Å²) in [5.41, 5.74) is 4.58. The second kappa shape index (κ2) is 13.0. The molecule has 3 aromatic rings. The molecule has 0 saturated carbocycles. The van der Waals surface area contributed by atoms with E-state index in [0.29, 0.717) is 11.4 Å². The van der Waals surface area contributed by atoms with Gasteiger partial charge in [0.05, 0.1) is 23.1 Å². The number of likely N-dealkylation sites (tertiary alicyclic amines) is 1. The van der Waals surface area contributed by atoms with E-state index in [1.807, 2.05) is 35.4 Å². The molecule has 0 radical (unpaired) electrons. The number of hydroxylamine groups is 1. The number of carbonyl (C=O) groups is 1. The van der Waals surface area contributed by atoms with Crippen molar-refractivity contribution >= 4 is 40.2 Å². The number of carbonyl (C=O) groups excluding carboxylic acids is 1. The molecule has 198 valence electrons. The van der Waals surface area contributed by atoms with Crippen molar-refractivity contribution in [1.29, 1.82) is 0 Å². The number of halogens is 1. The topological polar surface area (TPSA) is 74.7 Å². The highest BCUT2D eigenvalue weighted by atomic mass is 35.5. The summed E-state index contributed by atoms with van der Waals surface area (Å²) in [4.78, 5) is 21.0. The lowest BCUT2D eigenvalue weighted by Crippen LogP contribution is -2.48. The van der Waals surface area contributed by atoms with Gasteiger partial charge in [-0.25, -0.2) is 5.48 Å². The number of hydrogen-bond donors (Lipinski definition) is 2. The predicted octanol–water partition coefficient (Wildman–Crippen LogP) is 6.30. The molecular weight excluding hydrogens is 506 g/mol. The standard InChI is InChI=1S/C29H36ClN3O3S/c1-21-6-3-7-23(18-21)37-17-5-14-33-15-12-29(13-16-33,28(34)32-35)11-4-8-24-25-19-22(36-2)9-10-27(25)31-20-26(24)30/h3,6-7,9-10,18-20,35H,4-5,8,11-17H2,1-2H3,(H,32,34). The first-order chi connectivity index (χ1) is 17.9. The van der Waals surface area contributed by atoms with Crippen LogP contribution in [0.2, 0.25) is 5.02 Å². The Bertz CT molecular complexity index is 1210. The number of hydrogen-bond acceptors (Lipinski definition) is 6. The maximum atomic E-state index is 12.8. The molecule has 1 amide bonds. The van der Waals surface area contributed by atoms with Gasteiger partial charge in [0.25, 0.3) is 0 Å². The number of benzene rings is 2. The molecule has 37 heavy (non-hydrogen) atoms. The number of rotatable bonds is 11. The Kier molecular flexibility index (Phi) is 9.71. The number of amides is 1. The second-order valence-electron chi connectivity index (χ2n) is 9.90. The van der Waals surface area contributed by atoms with Gasteiger partial charge >= 0.3 is 0 Å².